The van der Waals surface area contributed by atoms with Gasteiger partial charge in [-0.25, -0.2) is 0 Å². The molecule has 5 nitrogen and oxygen atoms in total. The van der Waals surface area contributed by atoms with Crippen molar-refractivity contribution in [3.8, 4) is 5.75 Å². The van der Waals surface area contributed by atoms with E-state index in [1.54, 1.807) is 25.3 Å². The van der Waals surface area contributed by atoms with Crippen LogP contribution in [0.15, 0.2) is 46.9 Å². The molecule has 0 aliphatic heterocycles. The Morgan fingerprint density at radius 2 is 2.14 bits per heavy atom. The zero-order valence-electron chi connectivity index (χ0n) is 12.3. The zero-order valence-corrected chi connectivity index (χ0v) is 13.1. The lowest BCUT2D eigenvalue weighted by Gasteiger charge is -2.09. The highest BCUT2D eigenvalue weighted by molar-refractivity contribution is 7.80. The fourth-order valence-electron chi connectivity index (χ4n) is 1.72. The van der Waals surface area contributed by atoms with Crippen molar-refractivity contribution < 1.29 is 13.9 Å². The number of rotatable bonds is 4. The fraction of sp³-hybridized carbons (Fsp3) is 0.125. The van der Waals surface area contributed by atoms with E-state index in [1.807, 2.05) is 31.2 Å². The molecule has 0 saturated carbocycles. The molecule has 0 saturated heterocycles. The number of benzene rings is 1. The number of hydrogen-bond acceptors (Lipinski definition) is 4. The van der Waals surface area contributed by atoms with Crippen LogP contribution in [0.25, 0.3) is 6.08 Å². The van der Waals surface area contributed by atoms with Crippen LogP contribution >= 0.6 is 12.2 Å². The van der Waals surface area contributed by atoms with Crippen molar-refractivity contribution in [2.75, 3.05) is 12.4 Å². The summed E-state index contributed by atoms with van der Waals surface area (Å²) in [7, 11) is 1.58. The van der Waals surface area contributed by atoms with Crippen LogP contribution in [-0.2, 0) is 4.79 Å². The smallest absolute Gasteiger partial charge is 0.250 e. The number of carbonyl (C=O) groups is 1. The maximum atomic E-state index is 11.8. The lowest BCUT2D eigenvalue weighted by molar-refractivity contribution is -0.115. The molecule has 0 aliphatic rings. The Morgan fingerprint density at radius 1 is 1.32 bits per heavy atom. The van der Waals surface area contributed by atoms with Gasteiger partial charge in [0.15, 0.2) is 5.11 Å². The van der Waals surface area contributed by atoms with E-state index in [0.29, 0.717) is 11.5 Å². The van der Waals surface area contributed by atoms with Gasteiger partial charge >= 0.3 is 0 Å². The molecule has 0 fully saturated rings. The second kappa shape index (κ2) is 7.42. The van der Waals surface area contributed by atoms with Crippen molar-refractivity contribution in [1.82, 2.24) is 5.32 Å². The van der Waals surface area contributed by atoms with Gasteiger partial charge in [0.2, 0.25) is 5.91 Å². The molecule has 22 heavy (non-hydrogen) atoms. The number of ether oxygens (including phenoxy) is 1. The molecule has 0 aliphatic carbocycles. The summed E-state index contributed by atoms with van der Waals surface area (Å²) in [5, 5.41) is 5.67. The second-order valence-corrected chi connectivity index (χ2v) is 4.87. The molecule has 1 heterocycles. The largest absolute Gasteiger partial charge is 0.497 e. The van der Waals surface area contributed by atoms with Crippen LogP contribution in [0.5, 0.6) is 5.75 Å². The van der Waals surface area contributed by atoms with Crippen LogP contribution in [0.2, 0.25) is 0 Å². The first-order chi connectivity index (χ1) is 10.6. The Balaban J connectivity index is 1.88. The minimum atomic E-state index is -0.338. The number of amides is 1. The second-order valence-electron chi connectivity index (χ2n) is 4.46. The topological polar surface area (TPSA) is 63.5 Å². The lowest BCUT2D eigenvalue weighted by Crippen LogP contribution is -2.32. The average Bonchev–Trinajstić information content (AvgIpc) is 2.91. The molecule has 0 unspecified atom stereocenters. The van der Waals surface area contributed by atoms with Gasteiger partial charge in [-0.15, -0.1) is 0 Å². The average molecular weight is 316 g/mol. The highest BCUT2D eigenvalue weighted by Gasteiger charge is 2.03. The fourth-order valence-corrected chi connectivity index (χ4v) is 1.94. The molecule has 0 radical (unpaired) electrons. The van der Waals surface area contributed by atoms with E-state index in [4.69, 9.17) is 21.4 Å². The molecule has 1 amide bonds. The number of thiocarbonyl (C=S) groups is 1. The standard InChI is InChI=1S/C16H16N2O3S/c1-11-6-7-13(21-11)8-9-15(19)18-16(22)17-12-4-3-5-14(10-12)20-2/h3-10H,1-2H3,(H2,17,18,19,22). The van der Waals surface area contributed by atoms with Crippen molar-refractivity contribution in [3.05, 3.63) is 54.0 Å². The number of anilines is 1. The van der Waals surface area contributed by atoms with Gasteiger partial charge in [-0.2, -0.15) is 0 Å². The maximum absolute atomic E-state index is 11.8. The van der Waals surface area contributed by atoms with Gasteiger partial charge in [-0.1, -0.05) is 6.07 Å². The van der Waals surface area contributed by atoms with Gasteiger partial charge in [-0.3, -0.25) is 10.1 Å². The number of nitrogens with one attached hydrogen (secondary N) is 2. The summed E-state index contributed by atoms with van der Waals surface area (Å²) in [6, 6.07) is 10.9. The van der Waals surface area contributed by atoms with Crippen LogP contribution in [0, 0.1) is 6.92 Å². The minimum Gasteiger partial charge on any atom is -0.497 e. The third kappa shape index (κ3) is 4.75. The Kier molecular flexibility index (Phi) is 5.32. The lowest BCUT2D eigenvalue weighted by atomic mass is 10.3. The van der Waals surface area contributed by atoms with Gasteiger partial charge in [0, 0.05) is 17.8 Å². The Bertz CT molecular complexity index is 707. The van der Waals surface area contributed by atoms with Gasteiger partial charge in [0.1, 0.15) is 17.3 Å². The van der Waals surface area contributed by atoms with Crippen LogP contribution in [0.4, 0.5) is 5.69 Å². The Morgan fingerprint density at radius 3 is 2.82 bits per heavy atom. The number of furan rings is 1. The van der Waals surface area contributed by atoms with Crippen molar-refractivity contribution in [2.24, 2.45) is 0 Å². The van der Waals surface area contributed by atoms with Gasteiger partial charge in [0.05, 0.1) is 7.11 Å². The molecule has 1 aromatic heterocycles. The highest BCUT2D eigenvalue weighted by atomic mass is 32.1. The SMILES string of the molecule is COc1cccc(NC(=S)NC(=O)C=Cc2ccc(C)o2)c1. The molecular weight excluding hydrogens is 300 g/mol. The number of aryl methyl sites for hydroxylation is 1. The maximum Gasteiger partial charge on any atom is 0.250 e. The van der Waals surface area contributed by atoms with Gasteiger partial charge in [0.25, 0.3) is 0 Å². The molecule has 0 spiro atoms. The predicted octanol–water partition coefficient (Wildman–Crippen LogP) is 3.12. The Labute approximate surface area is 134 Å². The zero-order chi connectivity index (χ0) is 15.9. The normalized spacial score (nSPS) is 10.5. The first-order valence-electron chi connectivity index (χ1n) is 6.57. The molecule has 114 valence electrons. The van der Waals surface area contributed by atoms with Crippen molar-refractivity contribution in [1.29, 1.82) is 0 Å². The van der Waals surface area contributed by atoms with E-state index in [-0.39, 0.29) is 11.0 Å². The van der Waals surface area contributed by atoms with Crippen molar-refractivity contribution in [3.63, 3.8) is 0 Å². The monoisotopic (exact) mass is 316 g/mol. The number of hydrogen-bond donors (Lipinski definition) is 2. The summed E-state index contributed by atoms with van der Waals surface area (Å²) >= 11 is 5.09. The van der Waals surface area contributed by atoms with Gasteiger partial charge < -0.3 is 14.5 Å². The van der Waals surface area contributed by atoms with E-state index >= 15 is 0 Å². The first-order valence-corrected chi connectivity index (χ1v) is 6.98. The predicted molar refractivity (Wildman–Crippen MR) is 89.8 cm³/mol. The highest BCUT2D eigenvalue weighted by Crippen LogP contribution is 2.16. The minimum absolute atomic E-state index is 0.207. The number of methoxy groups -OCH3 is 1. The Hall–Kier alpha value is -2.60. The van der Waals surface area contributed by atoms with Crippen LogP contribution in [-0.4, -0.2) is 18.1 Å². The molecule has 0 bridgehead atoms. The summed E-state index contributed by atoms with van der Waals surface area (Å²) in [6.45, 7) is 1.84. The van der Waals surface area contributed by atoms with Crippen LogP contribution in [0.3, 0.4) is 0 Å². The number of carbonyl (C=O) groups excluding carboxylic acids is 1. The van der Waals surface area contributed by atoms with E-state index < -0.39 is 0 Å². The van der Waals surface area contributed by atoms with Crippen LogP contribution in [0.1, 0.15) is 11.5 Å². The first kappa shape index (κ1) is 15.8. The van der Waals surface area contributed by atoms with E-state index in [2.05, 4.69) is 10.6 Å². The van der Waals surface area contributed by atoms with Crippen molar-refractivity contribution in [2.45, 2.75) is 6.92 Å². The van der Waals surface area contributed by atoms with Gasteiger partial charge in [-0.05, 0) is 49.5 Å². The van der Waals surface area contributed by atoms with E-state index in [9.17, 15) is 4.79 Å². The molecule has 2 aromatic rings. The molecule has 2 N–H and O–H groups in total. The third-order valence-corrected chi connectivity index (χ3v) is 2.93. The van der Waals surface area contributed by atoms with Crippen LogP contribution < -0.4 is 15.4 Å². The van der Waals surface area contributed by atoms with E-state index in [1.165, 1.54) is 6.08 Å². The molecular formula is C16H16N2O3S. The summed E-state index contributed by atoms with van der Waals surface area (Å²) < 4.78 is 10.4. The molecule has 2 rings (SSSR count). The summed E-state index contributed by atoms with van der Waals surface area (Å²) in [4.78, 5) is 11.8. The molecule has 1 aromatic carbocycles. The third-order valence-electron chi connectivity index (χ3n) is 2.72. The quantitative estimate of drug-likeness (QED) is 0.670. The summed E-state index contributed by atoms with van der Waals surface area (Å²) in [5.41, 5.74) is 0.732. The van der Waals surface area contributed by atoms with Crippen molar-refractivity contribution >= 4 is 35.0 Å². The van der Waals surface area contributed by atoms with E-state index in [0.717, 1.165) is 11.4 Å². The molecule has 6 heteroatoms. The molecule has 0 atom stereocenters. The summed E-state index contributed by atoms with van der Waals surface area (Å²) in [5.74, 6) is 1.76. The summed E-state index contributed by atoms with van der Waals surface area (Å²) in [6.07, 6.45) is 2.94.